The fourth-order valence-electron chi connectivity index (χ4n) is 2.24. The summed E-state index contributed by atoms with van der Waals surface area (Å²) in [6.45, 7) is 8.74. The Morgan fingerprint density at radius 1 is 0.895 bits per heavy atom. The predicted molar refractivity (Wildman–Crippen MR) is 78.1 cm³/mol. The Bertz CT molecular complexity index is 470. The Kier molecular flexibility index (Phi) is 4.08. The van der Waals surface area contributed by atoms with Crippen LogP contribution in [-0.2, 0) is 0 Å². The summed E-state index contributed by atoms with van der Waals surface area (Å²) < 4.78 is 13.0. The van der Waals surface area contributed by atoms with Crippen LogP contribution in [0, 0.1) is 17.7 Å². The Morgan fingerprint density at radius 3 is 1.79 bits per heavy atom. The van der Waals surface area contributed by atoms with E-state index in [0.717, 1.165) is 5.56 Å². The number of hydrogen-bond acceptors (Lipinski definition) is 1. The lowest BCUT2D eigenvalue weighted by Crippen LogP contribution is -2.25. The van der Waals surface area contributed by atoms with E-state index in [9.17, 15) is 4.39 Å². The van der Waals surface area contributed by atoms with E-state index in [1.165, 1.54) is 23.5 Å². The zero-order chi connectivity index (χ0) is 14.0. The van der Waals surface area contributed by atoms with Gasteiger partial charge in [-0.1, -0.05) is 52.0 Å². The molecule has 1 nitrogen and oxygen atoms in total. The second kappa shape index (κ2) is 5.60. The molecular weight excluding hydrogens is 237 g/mol. The Morgan fingerprint density at radius 2 is 1.37 bits per heavy atom. The summed E-state index contributed by atoms with van der Waals surface area (Å²) in [4.78, 5) is 0. The molecule has 102 valence electrons. The third-order valence-corrected chi connectivity index (χ3v) is 3.51. The highest BCUT2D eigenvalue weighted by Crippen LogP contribution is 2.29. The summed E-state index contributed by atoms with van der Waals surface area (Å²) in [6, 6.07) is 6.80. The molecule has 1 N–H and O–H groups in total. The fraction of sp³-hybridized carbons (Fsp3) is 0.412. The molecule has 0 saturated carbocycles. The van der Waals surface area contributed by atoms with Gasteiger partial charge in [0, 0.05) is 17.3 Å². The Labute approximate surface area is 115 Å². The molecule has 0 fully saturated rings. The lowest BCUT2D eigenvalue weighted by molar-refractivity contribution is 0.611. The molecular formula is C17H22FN. The summed E-state index contributed by atoms with van der Waals surface area (Å²) in [6.07, 6.45) is 4.48. The van der Waals surface area contributed by atoms with E-state index in [4.69, 9.17) is 0 Å². The van der Waals surface area contributed by atoms with Gasteiger partial charge in [-0.15, -0.1) is 0 Å². The van der Waals surface area contributed by atoms with Crippen molar-refractivity contribution in [1.29, 1.82) is 0 Å². The van der Waals surface area contributed by atoms with Crippen LogP contribution in [0.2, 0.25) is 0 Å². The quantitative estimate of drug-likeness (QED) is 0.837. The van der Waals surface area contributed by atoms with Gasteiger partial charge in [-0.05, 0) is 29.5 Å². The van der Waals surface area contributed by atoms with Crippen molar-refractivity contribution in [1.82, 2.24) is 5.32 Å². The van der Waals surface area contributed by atoms with E-state index in [-0.39, 0.29) is 11.7 Å². The maximum absolute atomic E-state index is 13.0. The maximum Gasteiger partial charge on any atom is 0.123 e. The molecule has 1 heterocycles. The van der Waals surface area contributed by atoms with Crippen molar-refractivity contribution in [2.75, 3.05) is 0 Å². The van der Waals surface area contributed by atoms with Crippen molar-refractivity contribution in [3.05, 3.63) is 59.2 Å². The monoisotopic (exact) mass is 259 g/mol. The number of rotatable bonds is 3. The Hall–Kier alpha value is -1.57. The van der Waals surface area contributed by atoms with Crippen LogP contribution >= 0.6 is 0 Å². The van der Waals surface area contributed by atoms with Gasteiger partial charge in [-0.2, -0.15) is 0 Å². The minimum Gasteiger partial charge on any atom is -0.362 e. The minimum absolute atomic E-state index is 0.182. The van der Waals surface area contributed by atoms with Crippen LogP contribution in [0.4, 0.5) is 4.39 Å². The molecule has 0 aliphatic carbocycles. The second-order valence-electron chi connectivity index (χ2n) is 5.76. The highest BCUT2D eigenvalue weighted by Gasteiger charge is 2.18. The van der Waals surface area contributed by atoms with E-state index in [1.807, 2.05) is 12.1 Å². The van der Waals surface area contributed by atoms with Crippen molar-refractivity contribution in [2.24, 2.45) is 11.8 Å². The smallest absolute Gasteiger partial charge is 0.123 e. The summed E-state index contributed by atoms with van der Waals surface area (Å²) >= 11 is 0. The van der Waals surface area contributed by atoms with Gasteiger partial charge in [0.15, 0.2) is 0 Å². The summed E-state index contributed by atoms with van der Waals surface area (Å²) in [7, 11) is 0. The van der Waals surface area contributed by atoms with E-state index >= 15 is 0 Å². The molecule has 0 bridgehead atoms. The zero-order valence-corrected chi connectivity index (χ0v) is 12.1. The molecule has 1 aliphatic heterocycles. The highest BCUT2D eigenvalue weighted by molar-refractivity contribution is 5.36. The van der Waals surface area contributed by atoms with Gasteiger partial charge in [0.25, 0.3) is 0 Å². The molecule has 2 heteroatoms. The van der Waals surface area contributed by atoms with Crippen molar-refractivity contribution in [3.8, 4) is 0 Å². The predicted octanol–water partition coefficient (Wildman–Crippen LogP) is 4.59. The Balaban J connectivity index is 2.35. The lowest BCUT2D eigenvalue weighted by atomic mass is 9.90. The second-order valence-corrected chi connectivity index (χ2v) is 5.76. The van der Waals surface area contributed by atoms with Gasteiger partial charge in [-0.3, -0.25) is 0 Å². The molecule has 0 unspecified atom stereocenters. The first kappa shape index (κ1) is 13.9. The van der Waals surface area contributed by atoms with Crippen LogP contribution in [-0.4, -0.2) is 0 Å². The van der Waals surface area contributed by atoms with Gasteiger partial charge in [0.1, 0.15) is 5.82 Å². The molecule has 0 amide bonds. The fourth-order valence-corrected chi connectivity index (χ4v) is 2.24. The van der Waals surface area contributed by atoms with Crippen LogP contribution in [0.15, 0.2) is 47.8 Å². The van der Waals surface area contributed by atoms with Gasteiger partial charge in [0.05, 0.1) is 0 Å². The van der Waals surface area contributed by atoms with Gasteiger partial charge >= 0.3 is 0 Å². The normalized spacial score (nSPS) is 16.4. The lowest BCUT2D eigenvalue weighted by Gasteiger charge is -2.27. The standard InChI is InChI=1S/C17H22FN/c1-11(2)16-9-14(10-17(19-16)12(3)4)13-5-7-15(18)8-6-13/h5-12,14,19H,1-4H3. The van der Waals surface area contributed by atoms with E-state index < -0.39 is 0 Å². The highest BCUT2D eigenvalue weighted by atomic mass is 19.1. The molecule has 1 aliphatic rings. The van der Waals surface area contributed by atoms with E-state index in [0.29, 0.717) is 11.8 Å². The van der Waals surface area contributed by atoms with Crippen LogP contribution < -0.4 is 5.32 Å². The number of nitrogens with one attached hydrogen (secondary N) is 1. The summed E-state index contributed by atoms with van der Waals surface area (Å²) in [5.41, 5.74) is 3.64. The van der Waals surface area contributed by atoms with Crippen molar-refractivity contribution in [2.45, 2.75) is 33.6 Å². The molecule has 0 radical (unpaired) electrons. The van der Waals surface area contributed by atoms with Crippen molar-refractivity contribution < 1.29 is 4.39 Å². The number of benzene rings is 1. The average molecular weight is 259 g/mol. The molecule has 19 heavy (non-hydrogen) atoms. The summed E-state index contributed by atoms with van der Waals surface area (Å²) in [5, 5.41) is 3.51. The van der Waals surface area contributed by atoms with E-state index in [2.05, 4.69) is 45.2 Å². The number of hydrogen-bond donors (Lipinski definition) is 1. The topological polar surface area (TPSA) is 12.0 Å². The number of allylic oxidation sites excluding steroid dienone is 4. The van der Waals surface area contributed by atoms with Crippen LogP contribution in [0.3, 0.4) is 0 Å². The molecule has 0 atom stereocenters. The molecule has 2 rings (SSSR count). The zero-order valence-electron chi connectivity index (χ0n) is 12.1. The average Bonchev–Trinajstić information content (AvgIpc) is 2.39. The van der Waals surface area contributed by atoms with Crippen molar-refractivity contribution in [3.63, 3.8) is 0 Å². The number of halogens is 1. The molecule has 1 aromatic carbocycles. The van der Waals surface area contributed by atoms with Gasteiger partial charge < -0.3 is 5.32 Å². The molecule has 1 aromatic rings. The van der Waals surface area contributed by atoms with Crippen molar-refractivity contribution >= 4 is 0 Å². The van der Waals surface area contributed by atoms with Gasteiger partial charge in [-0.25, -0.2) is 4.39 Å². The van der Waals surface area contributed by atoms with Crippen LogP contribution in [0.5, 0.6) is 0 Å². The largest absolute Gasteiger partial charge is 0.362 e. The molecule has 0 saturated heterocycles. The number of dihydropyridines is 1. The molecule has 0 aromatic heterocycles. The first-order valence-electron chi connectivity index (χ1n) is 6.93. The maximum atomic E-state index is 13.0. The SMILES string of the molecule is CC(C)C1=CC(c2ccc(F)cc2)C=C(C(C)C)N1. The van der Waals surface area contributed by atoms with Crippen LogP contribution in [0.25, 0.3) is 0 Å². The third kappa shape index (κ3) is 3.25. The summed E-state index contributed by atoms with van der Waals surface area (Å²) in [5.74, 6) is 0.978. The van der Waals surface area contributed by atoms with Gasteiger partial charge in [0.2, 0.25) is 0 Å². The third-order valence-electron chi connectivity index (χ3n) is 3.51. The minimum atomic E-state index is -0.182. The molecule has 0 spiro atoms. The first-order chi connectivity index (χ1) is 8.97. The van der Waals surface area contributed by atoms with Crippen LogP contribution in [0.1, 0.15) is 39.2 Å². The first-order valence-corrected chi connectivity index (χ1v) is 6.93. The van der Waals surface area contributed by atoms with E-state index in [1.54, 1.807) is 0 Å².